The molecule has 3 fully saturated rings. The number of hydrogen-bond acceptors (Lipinski definition) is 5. The van der Waals surface area contributed by atoms with E-state index in [-0.39, 0.29) is 70.4 Å². The van der Waals surface area contributed by atoms with Gasteiger partial charge in [0.25, 0.3) is 0 Å². The minimum Gasteiger partial charge on any atom is -0.462 e. The maximum atomic E-state index is 12.5. The van der Waals surface area contributed by atoms with Crippen molar-refractivity contribution in [1.82, 2.24) is 4.90 Å². The highest BCUT2D eigenvalue weighted by Crippen LogP contribution is 2.48. The maximum Gasteiger partial charge on any atom is 0.316 e. The molecule has 3 aliphatic rings. The number of aliphatic hydroxyl groups is 1. The summed E-state index contributed by atoms with van der Waals surface area (Å²) in [5, 5.41) is 9.59. The van der Waals surface area contributed by atoms with Crippen molar-refractivity contribution in [3.05, 3.63) is 35.9 Å². The fraction of sp³-hybridized carbons (Fsp3) is 0.588. The number of likely N-dealkylation sites (N-methyl/N-ethyl adjacent to an activating group) is 1. The summed E-state index contributed by atoms with van der Waals surface area (Å²) in [7, 11) is 0. The van der Waals surface area contributed by atoms with Gasteiger partial charge in [0.2, 0.25) is 0 Å². The Hall–Kier alpha value is -1.07. The first-order valence-electron chi connectivity index (χ1n) is 9.20. The zero-order chi connectivity index (χ0) is 17.8. The van der Waals surface area contributed by atoms with Crippen molar-refractivity contribution < 1.29 is 39.9 Å². The van der Waals surface area contributed by atoms with Gasteiger partial charge in [-0.3, -0.25) is 9.69 Å². The molecule has 0 radical (unpaired) electrons. The second kappa shape index (κ2) is 9.75. The highest BCUT2D eigenvalue weighted by Gasteiger charge is 2.62. The van der Waals surface area contributed by atoms with Gasteiger partial charge in [-0.1, -0.05) is 30.3 Å². The lowest BCUT2D eigenvalue weighted by atomic mass is 9.97. The molecule has 3 aliphatic heterocycles. The quantitative estimate of drug-likeness (QED) is 0.469. The molecular formula is C17H28BrNO7. The molecule has 0 amide bonds. The number of aliphatic hydroxyl groups excluding tert-OH is 1. The molecule has 1 aromatic rings. The van der Waals surface area contributed by atoms with Gasteiger partial charge < -0.3 is 31.0 Å². The molecule has 2 bridgehead atoms. The number of carbonyl (C=O) groups excluding carboxylic acids is 1. The van der Waals surface area contributed by atoms with Crippen molar-refractivity contribution in [2.75, 3.05) is 13.6 Å². The van der Waals surface area contributed by atoms with Crippen molar-refractivity contribution >= 4 is 23.0 Å². The van der Waals surface area contributed by atoms with Crippen LogP contribution < -0.4 is 0 Å². The van der Waals surface area contributed by atoms with E-state index in [0.29, 0.717) is 18.4 Å². The minimum atomic E-state index is -2.15. The first-order valence-corrected chi connectivity index (χ1v) is 7.70. The number of benzene rings is 1. The first kappa shape index (κ1) is 19.7. The molecule has 7 N–H and O–H groups in total. The van der Waals surface area contributed by atoms with E-state index in [1.807, 2.05) is 18.2 Å². The molecule has 150 valence electrons. The average molecular weight is 441 g/mol. The van der Waals surface area contributed by atoms with E-state index in [4.69, 9.17) is 13.6 Å². The minimum absolute atomic E-state index is 0. The molecule has 6 atom stereocenters. The third kappa shape index (κ3) is 4.25. The van der Waals surface area contributed by atoms with Gasteiger partial charge in [0.1, 0.15) is 24.2 Å². The predicted molar refractivity (Wildman–Crippen MR) is 101 cm³/mol. The lowest BCUT2D eigenvalue weighted by Gasteiger charge is -2.38. The molecule has 26 heavy (non-hydrogen) atoms. The summed E-state index contributed by atoms with van der Waals surface area (Å²) in [5.41, 5.74) is 0.712. The number of morpholine rings is 1. The smallest absolute Gasteiger partial charge is 0.316 e. The molecule has 8 nitrogen and oxygen atoms in total. The van der Waals surface area contributed by atoms with Crippen LogP contribution in [0.5, 0.6) is 0 Å². The van der Waals surface area contributed by atoms with E-state index < -0.39 is 18.9 Å². The van der Waals surface area contributed by atoms with Crippen molar-refractivity contribution in [2.45, 2.75) is 49.2 Å². The number of fused-ring (bicyclic) bond motifs is 5. The number of carbonyl (C=O) groups is 1. The van der Waals surface area contributed by atoms with Crippen LogP contribution >= 0.6 is 17.0 Å². The molecule has 0 aliphatic carbocycles. The Kier molecular flexibility index (Phi) is 7.38. The lowest BCUT2D eigenvalue weighted by molar-refractivity contribution is -0.156. The molecule has 1 aromatic carbocycles. The molecule has 3 heterocycles. The normalized spacial score (nSPS) is 33.9. The highest BCUT2D eigenvalue weighted by atomic mass is 79.9. The van der Waals surface area contributed by atoms with Crippen molar-refractivity contribution in [2.24, 2.45) is 0 Å². The van der Waals surface area contributed by atoms with Crippen LogP contribution in [-0.4, -0.2) is 76.4 Å². The average Bonchev–Trinajstić information content (AvgIpc) is 3.31. The molecule has 4 rings (SSSR count). The Labute approximate surface area is 167 Å². The van der Waals surface area contributed by atoms with E-state index in [9.17, 15) is 9.90 Å². The van der Waals surface area contributed by atoms with Crippen LogP contribution in [0.4, 0.5) is 0 Å². The van der Waals surface area contributed by atoms with Gasteiger partial charge in [-0.2, -0.15) is 0 Å². The van der Waals surface area contributed by atoms with Gasteiger partial charge in [-0.05, 0) is 12.5 Å². The number of piperidine rings is 1. The number of hydrogen-bond donors (Lipinski definition) is 1. The topological polar surface area (TPSA) is 157 Å². The Morgan fingerprint density at radius 1 is 1.27 bits per heavy atom. The van der Waals surface area contributed by atoms with Crippen LogP contribution in [0.2, 0.25) is 0 Å². The van der Waals surface area contributed by atoms with Gasteiger partial charge in [-0.15, -0.1) is 17.0 Å². The van der Waals surface area contributed by atoms with E-state index in [1.165, 1.54) is 0 Å². The Balaban J connectivity index is 0.00000196. The zero-order valence-electron chi connectivity index (χ0n) is 17.0. The predicted octanol–water partition coefficient (Wildman–Crippen LogP) is -0.978. The molecule has 0 aromatic heterocycles. The number of nitrogens with zero attached hydrogens (tertiary/aromatic N) is 1. The lowest BCUT2D eigenvalue weighted by Crippen LogP contribution is -2.48. The number of rotatable bonds is 4. The summed E-state index contributed by atoms with van der Waals surface area (Å²) < 4.78 is 34.4. The van der Waals surface area contributed by atoms with E-state index >= 15 is 0 Å². The first-order chi connectivity index (χ1) is 11.9. The monoisotopic (exact) mass is 440 g/mol. The summed E-state index contributed by atoms with van der Waals surface area (Å²) in [5.74, 6) is -1.18. The van der Waals surface area contributed by atoms with Gasteiger partial charge in [0, 0.05) is 29.0 Å². The second-order valence-corrected chi connectivity index (χ2v) is 6.28. The van der Waals surface area contributed by atoms with Crippen LogP contribution in [-0.2, 0) is 14.3 Å². The number of esters is 1. The number of ether oxygens (including phenoxy) is 2. The SMILES string of the molecule is Br.O.O.O.[2H]C([2H])([2H])N1[C@@H]2CC(OC(=O)[C@H](CO)c3ccccc3)C[C@H]1[C@@H]1O[C@@H]12. The van der Waals surface area contributed by atoms with Crippen molar-refractivity contribution in [3.8, 4) is 0 Å². The summed E-state index contributed by atoms with van der Waals surface area (Å²) >= 11 is 0. The summed E-state index contributed by atoms with van der Waals surface area (Å²) in [6, 6.07) is 8.56. The molecule has 1 unspecified atom stereocenters. The molecule has 0 saturated carbocycles. The number of epoxide rings is 1. The van der Waals surface area contributed by atoms with E-state index in [0.717, 1.165) is 0 Å². The van der Waals surface area contributed by atoms with E-state index in [2.05, 4.69) is 0 Å². The van der Waals surface area contributed by atoms with Crippen molar-refractivity contribution in [3.63, 3.8) is 0 Å². The van der Waals surface area contributed by atoms with Crippen LogP contribution in [0.1, 0.15) is 28.4 Å². The van der Waals surface area contributed by atoms with Crippen LogP contribution in [0.15, 0.2) is 30.3 Å². The second-order valence-electron chi connectivity index (χ2n) is 6.28. The molecule has 9 heteroatoms. The summed E-state index contributed by atoms with van der Waals surface area (Å²) in [6.07, 6.45) is 0.452. The van der Waals surface area contributed by atoms with Crippen molar-refractivity contribution in [1.29, 1.82) is 0 Å². The zero-order valence-corrected chi connectivity index (χ0v) is 15.7. The summed E-state index contributed by atoms with van der Waals surface area (Å²) in [4.78, 5) is 14.1. The fourth-order valence-electron chi connectivity index (χ4n) is 3.79. The van der Waals surface area contributed by atoms with Gasteiger partial charge in [-0.25, -0.2) is 0 Å². The van der Waals surface area contributed by atoms with Crippen LogP contribution in [0.3, 0.4) is 0 Å². The third-order valence-corrected chi connectivity index (χ3v) is 5.00. The van der Waals surface area contributed by atoms with E-state index in [1.54, 1.807) is 17.0 Å². The fourth-order valence-corrected chi connectivity index (χ4v) is 3.79. The third-order valence-electron chi connectivity index (χ3n) is 5.00. The molecular weight excluding hydrogens is 410 g/mol. The largest absolute Gasteiger partial charge is 0.462 e. The van der Waals surface area contributed by atoms with Crippen LogP contribution in [0, 0.1) is 0 Å². The molecule has 3 saturated heterocycles. The highest BCUT2D eigenvalue weighted by molar-refractivity contribution is 8.93. The Morgan fingerprint density at radius 2 is 1.85 bits per heavy atom. The van der Waals surface area contributed by atoms with Gasteiger partial charge >= 0.3 is 5.97 Å². The molecule has 0 spiro atoms. The van der Waals surface area contributed by atoms with Gasteiger partial charge in [0.05, 0.1) is 6.61 Å². The Morgan fingerprint density at radius 3 is 2.35 bits per heavy atom. The van der Waals surface area contributed by atoms with Crippen LogP contribution in [0.25, 0.3) is 0 Å². The maximum absolute atomic E-state index is 12.5. The standard InChI is InChI=1S/C17H21NO4.BrH.3H2O/c1-18-13-7-11(8-14(18)16-15(13)22-16)21-17(20)12(9-19)10-5-3-2-4-6-10;;;;/h2-6,11-16,19H,7-9H2,1H3;1H;3*1H2/t11?,12-,13-,14+,15-,16+;;;;/m1..../s1/i1D3;;;;. The summed E-state index contributed by atoms with van der Waals surface area (Å²) in [6.45, 7) is -2.48. The van der Waals surface area contributed by atoms with Gasteiger partial charge in [0.15, 0.2) is 0 Å². The Bertz CT molecular complexity index is 648. The number of halogens is 1.